The van der Waals surface area contributed by atoms with Crippen molar-refractivity contribution < 1.29 is 14.4 Å². The Kier molecular flexibility index (Phi) is 5.54. The molecule has 0 saturated heterocycles. The number of para-hydroxylation sites is 1. The first kappa shape index (κ1) is 18.2. The van der Waals surface area contributed by atoms with Gasteiger partial charge in [0.1, 0.15) is 0 Å². The van der Waals surface area contributed by atoms with Gasteiger partial charge < -0.3 is 15.5 Å². The Morgan fingerprint density at radius 1 is 0.920 bits per heavy atom. The maximum Gasteiger partial charge on any atom is 0.255 e. The summed E-state index contributed by atoms with van der Waals surface area (Å²) in [5.41, 5.74) is 2.68. The van der Waals surface area contributed by atoms with Crippen LogP contribution in [0.15, 0.2) is 42.5 Å². The normalized spacial score (nSPS) is 10.1. The van der Waals surface area contributed by atoms with Gasteiger partial charge in [-0.2, -0.15) is 0 Å². The number of benzene rings is 2. The van der Waals surface area contributed by atoms with Gasteiger partial charge in [-0.05, 0) is 36.8 Å². The lowest BCUT2D eigenvalue weighted by Gasteiger charge is -2.15. The van der Waals surface area contributed by atoms with E-state index in [0.29, 0.717) is 22.5 Å². The smallest absolute Gasteiger partial charge is 0.255 e. The quantitative estimate of drug-likeness (QED) is 0.899. The van der Waals surface area contributed by atoms with Crippen LogP contribution in [0, 0.1) is 6.92 Å². The predicted molar refractivity (Wildman–Crippen MR) is 97.9 cm³/mol. The molecule has 0 aliphatic heterocycles. The lowest BCUT2D eigenvalue weighted by Crippen LogP contribution is -2.24. The minimum atomic E-state index is -0.356. The average Bonchev–Trinajstić information content (AvgIpc) is 2.56. The van der Waals surface area contributed by atoms with E-state index in [0.717, 1.165) is 5.56 Å². The number of hydrogen-bond acceptors (Lipinski definition) is 3. The molecule has 0 saturated carbocycles. The third-order valence-corrected chi connectivity index (χ3v) is 3.62. The zero-order chi connectivity index (χ0) is 18.6. The second-order valence-corrected chi connectivity index (χ2v) is 5.91. The van der Waals surface area contributed by atoms with Crippen molar-refractivity contribution in [3.63, 3.8) is 0 Å². The molecule has 0 atom stereocenters. The number of carbonyl (C=O) groups is 3. The SMILES string of the molecule is CC(=O)Nc1cc(C(=O)Nc2ccccc2C(=O)N(C)C)ccc1C. The Balaban J connectivity index is 2.29. The minimum Gasteiger partial charge on any atom is -0.345 e. The monoisotopic (exact) mass is 339 g/mol. The highest BCUT2D eigenvalue weighted by molar-refractivity contribution is 6.09. The van der Waals surface area contributed by atoms with Gasteiger partial charge in [0.05, 0.1) is 11.3 Å². The van der Waals surface area contributed by atoms with Crippen LogP contribution in [0.5, 0.6) is 0 Å². The number of anilines is 2. The summed E-state index contributed by atoms with van der Waals surface area (Å²) in [5.74, 6) is -0.757. The van der Waals surface area contributed by atoms with Crippen LogP contribution in [-0.2, 0) is 4.79 Å². The van der Waals surface area contributed by atoms with E-state index in [-0.39, 0.29) is 17.7 Å². The predicted octanol–water partition coefficient (Wildman–Crippen LogP) is 2.91. The molecule has 0 spiro atoms. The Morgan fingerprint density at radius 2 is 1.60 bits per heavy atom. The van der Waals surface area contributed by atoms with Gasteiger partial charge in [0.2, 0.25) is 5.91 Å². The molecule has 2 N–H and O–H groups in total. The maximum atomic E-state index is 12.6. The summed E-state index contributed by atoms with van der Waals surface area (Å²) in [5, 5.41) is 5.46. The van der Waals surface area contributed by atoms with E-state index in [4.69, 9.17) is 0 Å². The van der Waals surface area contributed by atoms with E-state index in [1.165, 1.54) is 11.8 Å². The van der Waals surface area contributed by atoms with Crippen LogP contribution in [-0.4, -0.2) is 36.7 Å². The van der Waals surface area contributed by atoms with Crippen LogP contribution in [0.25, 0.3) is 0 Å². The summed E-state index contributed by atoms with van der Waals surface area (Å²) in [7, 11) is 3.31. The number of nitrogens with one attached hydrogen (secondary N) is 2. The molecule has 130 valence electrons. The molecule has 0 bridgehead atoms. The van der Waals surface area contributed by atoms with Crippen LogP contribution >= 0.6 is 0 Å². The van der Waals surface area contributed by atoms with Gasteiger partial charge in [0.15, 0.2) is 0 Å². The molecule has 0 aliphatic rings. The van der Waals surface area contributed by atoms with Crippen molar-refractivity contribution in [2.24, 2.45) is 0 Å². The van der Waals surface area contributed by atoms with Gasteiger partial charge >= 0.3 is 0 Å². The van der Waals surface area contributed by atoms with Gasteiger partial charge in [-0.3, -0.25) is 14.4 Å². The van der Waals surface area contributed by atoms with Crippen molar-refractivity contribution in [2.45, 2.75) is 13.8 Å². The lowest BCUT2D eigenvalue weighted by atomic mass is 10.1. The van der Waals surface area contributed by atoms with E-state index in [1.807, 2.05) is 6.92 Å². The lowest BCUT2D eigenvalue weighted by molar-refractivity contribution is -0.114. The average molecular weight is 339 g/mol. The zero-order valence-electron chi connectivity index (χ0n) is 14.7. The molecule has 2 aromatic rings. The summed E-state index contributed by atoms with van der Waals surface area (Å²) in [4.78, 5) is 37.5. The van der Waals surface area contributed by atoms with Crippen molar-refractivity contribution >= 4 is 29.1 Å². The summed E-state index contributed by atoms with van der Waals surface area (Å²) in [6.45, 7) is 3.26. The highest BCUT2D eigenvalue weighted by atomic mass is 16.2. The molecular weight excluding hydrogens is 318 g/mol. The number of amides is 3. The third kappa shape index (κ3) is 4.44. The minimum absolute atomic E-state index is 0.196. The van der Waals surface area contributed by atoms with Crippen molar-refractivity contribution in [1.82, 2.24) is 4.90 Å². The summed E-state index contributed by atoms with van der Waals surface area (Å²) in [6, 6.07) is 11.9. The Bertz CT molecular complexity index is 828. The van der Waals surface area contributed by atoms with E-state index < -0.39 is 0 Å². The Labute approximate surface area is 146 Å². The van der Waals surface area contributed by atoms with Gasteiger partial charge in [-0.15, -0.1) is 0 Å². The number of aryl methyl sites for hydroxylation is 1. The first-order valence-corrected chi connectivity index (χ1v) is 7.80. The molecule has 6 heteroatoms. The van der Waals surface area contributed by atoms with Crippen molar-refractivity contribution in [3.8, 4) is 0 Å². The molecule has 0 aliphatic carbocycles. The van der Waals surface area contributed by atoms with E-state index in [9.17, 15) is 14.4 Å². The van der Waals surface area contributed by atoms with Crippen LogP contribution in [0.3, 0.4) is 0 Å². The molecule has 0 aromatic heterocycles. The zero-order valence-corrected chi connectivity index (χ0v) is 14.7. The molecular formula is C19H21N3O3. The summed E-state index contributed by atoms with van der Waals surface area (Å²) in [6.07, 6.45) is 0. The molecule has 2 rings (SSSR count). The van der Waals surface area contributed by atoms with E-state index >= 15 is 0 Å². The fourth-order valence-corrected chi connectivity index (χ4v) is 2.30. The van der Waals surface area contributed by atoms with Gasteiger partial charge in [-0.25, -0.2) is 0 Å². The first-order valence-electron chi connectivity index (χ1n) is 7.80. The van der Waals surface area contributed by atoms with Crippen molar-refractivity contribution in [2.75, 3.05) is 24.7 Å². The Morgan fingerprint density at radius 3 is 2.24 bits per heavy atom. The molecule has 0 radical (unpaired) electrons. The Hall–Kier alpha value is -3.15. The highest BCUT2D eigenvalue weighted by Gasteiger charge is 2.16. The summed E-state index contributed by atoms with van der Waals surface area (Å²) >= 11 is 0. The topological polar surface area (TPSA) is 78.5 Å². The van der Waals surface area contributed by atoms with Crippen molar-refractivity contribution in [3.05, 3.63) is 59.2 Å². The molecule has 25 heavy (non-hydrogen) atoms. The summed E-state index contributed by atoms with van der Waals surface area (Å²) < 4.78 is 0. The molecule has 0 fully saturated rings. The second-order valence-electron chi connectivity index (χ2n) is 5.91. The van der Waals surface area contributed by atoms with Gasteiger partial charge in [0.25, 0.3) is 11.8 Å². The van der Waals surface area contributed by atoms with E-state index in [1.54, 1.807) is 56.6 Å². The first-order chi connectivity index (χ1) is 11.8. The van der Waals surface area contributed by atoms with Crippen LogP contribution in [0.4, 0.5) is 11.4 Å². The number of rotatable bonds is 4. The fourth-order valence-electron chi connectivity index (χ4n) is 2.30. The molecule has 0 heterocycles. The second kappa shape index (κ2) is 7.61. The number of carbonyl (C=O) groups excluding carboxylic acids is 3. The molecule has 2 aromatic carbocycles. The highest BCUT2D eigenvalue weighted by Crippen LogP contribution is 2.20. The van der Waals surface area contributed by atoms with E-state index in [2.05, 4.69) is 10.6 Å². The van der Waals surface area contributed by atoms with Crippen molar-refractivity contribution in [1.29, 1.82) is 0 Å². The molecule has 3 amide bonds. The van der Waals surface area contributed by atoms with Gasteiger partial charge in [-0.1, -0.05) is 18.2 Å². The molecule has 0 unspecified atom stereocenters. The van der Waals surface area contributed by atoms with Crippen LogP contribution in [0.1, 0.15) is 33.2 Å². The van der Waals surface area contributed by atoms with Gasteiger partial charge in [0, 0.05) is 32.3 Å². The van der Waals surface area contributed by atoms with Crippen LogP contribution in [0.2, 0.25) is 0 Å². The number of hydrogen-bond donors (Lipinski definition) is 2. The molecule has 6 nitrogen and oxygen atoms in total. The fraction of sp³-hybridized carbons (Fsp3) is 0.211. The number of nitrogens with zero attached hydrogens (tertiary/aromatic N) is 1. The van der Waals surface area contributed by atoms with Crippen LogP contribution < -0.4 is 10.6 Å². The standard InChI is InChI=1S/C19H21N3O3/c1-12-9-10-14(11-17(12)20-13(2)23)18(24)21-16-8-6-5-7-15(16)19(25)22(3)4/h5-11H,1-4H3,(H,20,23)(H,21,24). The third-order valence-electron chi connectivity index (χ3n) is 3.62. The largest absolute Gasteiger partial charge is 0.345 e. The maximum absolute atomic E-state index is 12.6.